The van der Waals surface area contributed by atoms with Crippen molar-refractivity contribution in [3.8, 4) is 5.88 Å². The van der Waals surface area contributed by atoms with Crippen LogP contribution in [0.1, 0.15) is 24.5 Å². The molecule has 2 aromatic heterocycles. The van der Waals surface area contributed by atoms with Gasteiger partial charge in [-0.2, -0.15) is 13.2 Å². The van der Waals surface area contributed by atoms with Crippen LogP contribution in [0.3, 0.4) is 0 Å². The number of nitrogens with zero attached hydrogens (tertiary/aromatic N) is 1. The number of pyridine rings is 1. The number of ether oxygens (including phenoxy) is 1. The lowest BCUT2D eigenvalue weighted by Crippen LogP contribution is -2.31. The van der Waals surface area contributed by atoms with Gasteiger partial charge in [0.25, 0.3) is 0 Å². The van der Waals surface area contributed by atoms with Gasteiger partial charge in [0.05, 0.1) is 6.04 Å². The second-order valence-corrected chi connectivity index (χ2v) is 5.06. The summed E-state index contributed by atoms with van der Waals surface area (Å²) in [5.41, 5.74) is 0.252. The molecule has 0 aliphatic rings. The largest absolute Gasteiger partial charge is 0.468 e. The second-order valence-electron chi connectivity index (χ2n) is 5.06. The molecule has 0 saturated carbocycles. The van der Waals surface area contributed by atoms with Gasteiger partial charge in [-0.15, -0.1) is 0 Å². The number of carbonyl (C=O) groups is 1. The van der Waals surface area contributed by atoms with Crippen molar-refractivity contribution in [2.24, 2.45) is 0 Å². The molecule has 0 bridgehead atoms. The van der Waals surface area contributed by atoms with E-state index in [1.165, 1.54) is 18.3 Å². The third-order valence-electron chi connectivity index (χ3n) is 2.91. The van der Waals surface area contributed by atoms with Crippen LogP contribution in [-0.2, 0) is 0 Å². The first kappa shape index (κ1) is 17.6. The van der Waals surface area contributed by atoms with Crippen molar-refractivity contribution in [1.29, 1.82) is 0 Å². The summed E-state index contributed by atoms with van der Waals surface area (Å²) >= 11 is 0. The van der Waals surface area contributed by atoms with Gasteiger partial charge in [-0.05, 0) is 32.0 Å². The molecule has 0 saturated heterocycles. The third-order valence-corrected chi connectivity index (χ3v) is 2.91. The lowest BCUT2D eigenvalue weighted by molar-refractivity contribution is -0.154. The van der Waals surface area contributed by atoms with Crippen LogP contribution in [0, 0.1) is 6.92 Å². The average molecular weight is 343 g/mol. The van der Waals surface area contributed by atoms with Crippen molar-refractivity contribution in [3.05, 3.63) is 42.0 Å². The Labute approximate surface area is 136 Å². The highest BCUT2D eigenvalue weighted by atomic mass is 19.4. The number of urea groups is 1. The Kier molecular flexibility index (Phi) is 5.32. The molecular formula is C15H16F3N3O3. The van der Waals surface area contributed by atoms with Gasteiger partial charge in [0.15, 0.2) is 6.61 Å². The van der Waals surface area contributed by atoms with Crippen LogP contribution in [0.25, 0.3) is 0 Å². The SMILES string of the molecule is Cc1ccc([C@@H](C)NC(=O)Nc2ccnc(OCC(F)(F)F)c2)o1. The van der Waals surface area contributed by atoms with E-state index in [1.54, 1.807) is 26.0 Å². The van der Waals surface area contributed by atoms with E-state index in [4.69, 9.17) is 4.42 Å². The number of furan rings is 1. The van der Waals surface area contributed by atoms with Gasteiger partial charge in [-0.25, -0.2) is 9.78 Å². The number of rotatable bonds is 5. The Hall–Kier alpha value is -2.71. The first-order valence-corrected chi connectivity index (χ1v) is 7.02. The molecule has 1 atom stereocenters. The number of aryl methyl sites for hydroxylation is 1. The smallest absolute Gasteiger partial charge is 0.422 e. The zero-order valence-corrected chi connectivity index (χ0v) is 13.0. The first-order valence-electron chi connectivity index (χ1n) is 7.02. The average Bonchev–Trinajstić information content (AvgIpc) is 2.91. The Balaban J connectivity index is 1.91. The fraction of sp³-hybridized carbons (Fsp3) is 0.333. The Morgan fingerprint density at radius 1 is 1.38 bits per heavy atom. The minimum Gasteiger partial charge on any atom is -0.468 e. The van der Waals surface area contributed by atoms with Crippen molar-refractivity contribution >= 4 is 11.7 Å². The van der Waals surface area contributed by atoms with Crippen LogP contribution in [0.15, 0.2) is 34.9 Å². The first-order chi connectivity index (χ1) is 11.2. The second kappa shape index (κ2) is 7.24. The summed E-state index contributed by atoms with van der Waals surface area (Å²) in [4.78, 5) is 15.6. The van der Waals surface area contributed by atoms with Gasteiger partial charge < -0.3 is 19.8 Å². The molecule has 6 nitrogen and oxygen atoms in total. The molecule has 0 aromatic carbocycles. The number of amides is 2. The molecule has 2 N–H and O–H groups in total. The van der Waals surface area contributed by atoms with E-state index in [-0.39, 0.29) is 17.6 Å². The summed E-state index contributed by atoms with van der Waals surface area (Å²) in [6.45, 7) is 2.07. The molecule has 0 radical (unpaired) electrons. The predicted molar refractivity (Wildman–Crippen MR) is 79.8 cm³/mol. The maximum Gasteiger partial charge on any atom is 0.422 e. The zero-order valence-electron chi connectivity index (χ0n) is 13.0. The summed E-state index contributed by atoms with van der Waals surface area (Å²) < 4.78 is 46.3. The highest BCUT2D eigenvalue weighted by molar-refractivity contribution is 5.89. The molecular weight excluding hydrogens is 327 g/mol. The van der Waals surface area contributed by atoms with Gasteiger partial charge in [-0.3, -0.25) is 0 Å². The third kappa shape index (κ3) is 5.49. The number of alkyl halides is 3. The maximum atomic E-state index is 12.1. The highest BCUT2D eigenvalue weighted by Crippen LogP contribution is 2.20. The fourth-order valence-electron chi connectivity index (χ4n) is 1.84. The quantitative estimate of drug-likeness (QED) is 0.866. The number of halogens is 3. The van der Waals surface area contributed by atoms with E-state index in [0.29, 0.717) is 5.76 Å². The van der Waals surface area contributed by atoms with Crippen LogP contribution in [0.5, 0.6) is 5.88 Å². The predicted octanol–water partition coefficient (Wildman–Crippen LogP) is 3.81. The number of carbonyl (C=O) groups excluding carboxylic acids is 1. The summed E-state index contributed by atoms with van der Waals surface area (Å²) in [5.74, 6) is 1.08. The van der Waals surface area contributed by atoms with Crippen LogP contribution in [0.2, 0.25) is 0 Å². The Bertz CT molecular complexity index is 701. The lowest BCUT2D eigenvalue weighted by Gasteiger charge is -2.13. The van der Waals surface area contributed by atoms with Crippen LogP contribution >= 0.6 is 0 Å². The normalized spacial score (nSPS) is 12.5. The topological polar surface area (TPSA) is 76.4 Å². The van der Waals surface area contributed by atoms with E-state index >= 15 is 0 Å². The molecule has 0 fully saturated rings. The van der Waals surface area contributed by atoms with Gasteiger partial charge in [0.1, 0.15) is 11.5 Å². The molecule has 0 aliphatic carbocycles. The summed E-state index contributed by atoms with van der Waals surface area (Å²) in [6, 6.07) is 5.24. The van der Waals surface area contributed by atoms with Crippen LogP contribution in [0.4, 0.5) is 23.7 Å². The minimum absolute atomic E-state index is 0.236. The minimum atomic E-state index is -4.46. The summed E-state index contributed by atoms with van der Waals surface area (Å²) in [5, 5.41) is 5.14. The number of hydrogen-bond donors (Lipinski definition) is 2. The summed E-state index contributed by atoms with van der Waals surface area (Å²) in [6.07, 6.45) is -3.22. The van der Waals surface area contributed by atoms with E-state index < -0.39 is 18.8 Å². The van der Waals surface area contributed by atoms with Gasteiger partial charge in [-0.1, -0.05) is 0 Å². The molecule has 9 heteroatoms. The van der Waals surface area contributed by atoms with E-state index in [1.807, 2.05) is 0 Å². The van der Waals surface area contributed by atoms with Crippen LogP contribution in [-0.4, -0.2) is 23.8 Å². The number of aromatic nitrogens is 1. The fourth-order valence-corrected chi connectivity index (χ4v) is 1.84. The standard InChI is InChI=1S/C15H16F3N3O3/c1-9-3-4-12(24-9)10(2)20-14(22)21-11-5-6-19-13(7-11)23-8-15(16,17)18/h3-7,10H,8H2,1-2H3,(H2,19,20,21,22)/t10-/m1/s1. The zero-order chi connectivity index (χ0) is 17.7. The van der Waals surface area contributed by atoms with Crippen molar-refractivity contribution in [1.82, 2.24) is 10.3 Å². The van der Waals surface area contributed by atoms with Gasteiger partial charge in [0, 0.05) is 18.0 Å². The van der Waals surface area contributed by atoms with Crippen molar-refractivity contribution in [3.63, 3.8) is 0 Å². The van der Waals surface area contributed by atoms with Crippen molar-refractivity contribution < 1.29 is 27.1 Å². The summed E-state index contributed by atoms with van der Waals surface area (Å²) in [7, 11) is 0. The van der Waals surface area contributed by atoms with Crippen molar-refractivity contribution in [2.45, 2.75) is 26.1 Å². The van der Waals surface area contributed by atoms with E-state index in [0.717, 1.165) is 5.76 Å². The highest BCUT2D eigenvalue weighted by Gasteiger charge is 2.28. The number of anilines is 1. The van der Waals surface area contributed by atoms with Crippen molar-refractivity contribution in [2.75, 3.05) is 11.9 Å². The maximum absolute atomic E-state index is 12.1. The number of nitrogens with one attached hydrogen (secondary N) is 2. The van der Waals surface area contributed by atoms with E-state index in [2.05, 4.69) is 20.4 Å². The van der Waals surface area contributed by atoms with Gasteiger partial charge in [0.2, 0.25) is 5.88 Å². The molecule has 0 spiro atoms. The molecule has 2 amide bonds. The number of hydrogen-bond acceptors (Lipinski definition) is 4. The molecule has 2 aromatic rings. The molecule has 130 valence electrons. The lowest BCUT2D eigenvalue weighted by atomic mass is 10.2. The Morgan fingerprint density at radius 2 is 2.12 bits per heavy atom. The van der Waals surface area contributed by atoms with E-state index in [9.17, 15) is 18.0 Å². The molecule has 24 heavy (non-hydrogen) atoms. The van der Waals surface area contributed by atoms with Crippen LogP contribution < -0.4 is 15.4 Å². The molecule has 2 heterocycles. The molecule has 0 unspecified atom stereocenters. The monoisotopic (exact) mass is 343 g/mol. The Morgan fingerprint density at radius 3 is 2.75 bits per heavy atom. The van der Waals surface area contributed by atoms with Gasteiger partial charge >= 0.3 is 12.2 Å². The molecule has 2 rings (SSSR count). The molecule has 0 aliphatic heterocycles.